The van der Waals surface area contributed by atoms with Crippen molar-refractivity contribution >= 4 is 0 Å². The summed E-state index contributed by atoms with van der Waals surface area (Å²) in [5, 5.41) is 0. The SMILES string of the molecule is CCCCCC1CCC(OCC2CCC(c3ccc(-c4ccc(OCCC)c(F)c4F)cc3)CC2)CC1. The molecular weight excluding hydrogens is 466 g/mol. The molecule has 204 valence electrons. The van der Waals surface area contributed by atoms with Crippen molar-refractivity contribution in [2.75, 3.05) is 13.2 Å². The zero-order valence-corrected chi connectivity index (χ0v) is 23.0. The van der Waals surface area contributed by atoms with Crippen molar-refractivity contribution in [2.45, 2.75) is 109 Å². The molecule has 4 rings (SSSR count). The first-order valence-corrected chi connectivity index (χ1v) is 14.9. The van der Waals surface area contributed by atoms with Crippen molar-refractivity contribution in [2.24, 2.45) is 11.8 Å². The largest absolute Gasteiger partial charge is 0.490 e. The molecule has 2 aromatic rings. The number of hydrogen-bond donors (Lipinski definition) is 0. The first-order valence-electron chi connectivity index (χ1n) is 14.9. The molecule has 0 aromatic heterocycles. The Bertz CT molecular complexity index is 942. The summed E-state index contributed by atoms with van der Waals surface area (Å²) in [6.45, 7) is 5.51. The summed E-state index contributed by atoms with van der Waals surface area (Å²) in [4.78, 5) is 0. The fourth-order valence-corrected chi connectivity index (χ4v) is 6.22. The molecule has 0 spiro atoms. The third-order valence-corrected chi connectivity index (χ3v) is 8.63. The second-order valence-corrected chi connectivity index (χ2v) is 11.4. The Morgan fingerprint density at radius 1 is 0.730 bits per heavy atom. The number of rotatable bonds is 12. The zero-order valence-electron chi connectivity index (χ0n) is 23.0. The van der Waals surface area contributed by atoms with Crippen LogP contribution in [0.4, 0.5) is 8.78 Å². The first-order chi connectivity index (χ1) is 18.1. The van der Waals surface area contributed by atoms with Crippen molar-refractivity contribution in [1.29, 1.82) is 0 Å². The summed E-state index contributed by atoms with van der Waals surface area (Å²) in [6.07, 6.45) is 16.7. The third-order valence-electron chi connectivity index (χ3n) is 8.63. The van der Waals surface area contributed by atoms with Gasteiger partial charge in [0.2, 0.25) is 5.82 Å². The number of benzene rings is 2. The maximum Gasteiger partial charge on any atom is 0.201 e. The highest BCUT2D eigenvalue weighted by Gasteiger charge is 2.26. The van der Waals surface area contributed by atoms with Crippen molar-refractivity contribution in [3.8, 4) is 16.9 Å². The summed E-state index contributed by atoms with van der Waals surface area (Å²) < 4.78 is 40.8. The fraction of sp³-hybridized carbons (Fsp3) is 0.636. The van der Waals surface area contributed by atoms with Crippen molar-refractivity contribution in [1.82, 2.24) is 0 Å². The average Bonchev–Trinajstić information content (AvgIpc) is 2.94. The molecule has 2 aromatic carbocycles. The van der Waals surface area contributed by atoms with Gasteiger partial charge in [-0.05, 0) is 98.8 Å². The molecule has 2 saturated carbocycles. The molecule has 2 aliphatic carbocycles. The summed E-state index contributed by atoms with van der Waals surface area (Å²) >= 11 is 0. The van der Waals surface area contributed by atoms with Gasteiger partial charge in [0.15, 0.2) is 11.6 Å². The Labute approximate surface area is 223 Å². The van der Waals surface area contributed by atoms with Crippen LogP contribution >= 0.6 is 0 Å². The Morgan fingerprint density at radius 3 is 2.11 bits per heavy atom. The minimum Gasteiger partial charge on any atom is -0.490 e. The van der Waals surface area contributed by atoms with E-state index in [1.165, 1.54) is 88.7 Å². The minimum absolute atomic E-state index is 0.0180. The molecule has 0 aliphatic heterocycles. The summed E-state index contributed by atoms with van der Waals surface area (Å²) in [6, 6.07) is 11.2. The average molecular weight is 513 g/mol. The van der Waals surface area contributed by atoms with Crippen LogP contribution in [-0.2, 0) is 4.74 Å². The highest BCUT2D eigenvalue weighted by molar-refractivity contribution is 5.65. The highest BCUT2D eigenvalue weighted by atomic mass is 19.2. The van der Waals surface area contributed by atoms with Gasteiger partial charge < -0.3 is 9.47 Å². The molecule has 37 heavy (non-hydrogen) atoms. The van der Waals surface area contributed by atoms with E-state index in [0.717, 1.165) is 18.9 Å². The quantitative estimate of drug-likeness (QED) is 0.263. The van der Waals surface area contributed by atoms with Gasteiger partial charge in [-0.1, -0.05) is 63.8 Å². The number of unbranched alkanes of at least 4 members (excludes halogenated alkanes) is 2. The Kier molecular flexibility index (Phi) is 10.8. The van der Waals surface area contributed by atoms with Gasteiger partial charge in [-0.3, -0.25) is 0 Å². The van der Waals surface area contributed by atoms with Gasteiger partial charge in [-0.2, -0.15) is 4.39 Å². The lowest BCUT2D eigenvalue weighted by Gasteiger charge is -2.32. The van der Waals surface area contributed by atoms with E-state index in [0.29, 0.717) is 30.1 Å². The standard InChI is InChI=1S/C33H46F2O2/c1-3-5-6-7-24-10-18-29(19-11-24)37-23-25-8-12-26(13-9-25)27-14-16-28(17-15-27)30-20-21-31(36-22-4-2)33(35)32(30)34/h14-17,20-21,24-26,29H,3-13,18-19,22-23H2,1-2H3. The molecule has 2 aliphatic rings. The van der Waals surface area contributed by atoms with Gasteiger partial charge in [0, 0.05) is 12.2 Å². The lowest BCUT2D eigenvalue weighted by molar-refractivity contribution is -0.00848. The number of ether oxygens (including phenoxy) is 2. The van der Waals surface area contributed by atoms with Crippen LogP contribution < -0.4 is 4.74 Å². The molecule has 4 heteroatoms. The van der Waals surface area contributed by atoms with E-state index in [1.807, 2.05) is 19.1 Å². The predicted octanol–water partition coefficient (Wildman–Crippen LogP) is 9.85. The van der Waals surface area contributed by atoms with E-state index in [4.69, 9.17) is 9.47 Å². The van der Waals surface area contributed by atoms with Crippen LogP contribution in [0.15, 0.2) is 36.4 Å². The summed E-state index contributed by atoms with van der Waals surface area (Å²) in [5.74, 6) is 0.375. The van der Waals surface area contributed by atoms with Crippen LogP contribution in [0.25, 0.3) is 11.1 Å². The predicted molar refractivity (Wildman–Crippen MR) is 148 cm³/mol. The van der Waals surface area contributed by atoms with Crippen LogP contribution in [0, 0.1) is 23.5 Å². The first kappa shape index (κ1) is 28.1. The lowest BCUT2D eigenvalue weighted by Crippen LogP contribution is -2.25. The molecule has 2 fully saturated rings. The minimum atomic E-state index is -0.907. The molecule has 0 radical (unpaired) electrons. The molecule has 0 heterocycles. The summed E-state index contributed by atoms with van der Waals surface area (Å²) in [7, 11) is 0. The number of halogens is 2. The van der Waals surface area contributed by atoms with E-state index in [-0.39, 0.29) is 11.3 Å². The van der Waals surface area contributed by atoms with Crippen molar-refractivity contribution < 1.29 is 18.3 Å². The number of hydrogen-bond acceptors (Lipinski definition) is 2. The van der Waals surface area contributed by atoms with Gasteiger partial charge in [-0.25, -0.2) is 4.39 Å². The molecule has 0 bridgehead atoms. The van der Waals surface area contributed by atoms with E-state index in [1.54, 1.807) is 6.07 Å². The van der Waals surface area contributed by atoms with E-state index < -0.39 is 11.6 Å². The molecule has 2 nitrogen and oxygen atoms in total. The molecule has 0 amide bonds. The third kappa shape index (κ3) is 7.78. The van der Waals surface area contributed by atoms with E-state index >= 15 is 0 Å². The maximum absolute atomic E-state index is 14.7. The van der Waals surface area contributed by atoms with Crippen molar-refractivity contribution in [3.05, 3.63) is 53.6 Å². The monoisotopic (exact) mass is 512 g/mol. The second kappa shape index (κ2) is 14.3. The molecule has 0 N–H and O–H groups in total. The van der Waals surface area contributed by atoms with Gasteiger partial charge in [-0.15, -0.1) is 0 Å². The smallest absolute Gasteiger partial charge is 0.201 e. The molecule has 0 unspecified atom stereocenters. The summed E-state index contributed by atoms with van der Waals surface area (Å²) in [5.41, 5.74) is 2.28. The van der Waals surface area contributed by atoms with Crippen molar-refractivity contribution in [3.63, 3.8) is 0 Å². The van der Waals surface area contributed by atoms with Gasteiger partial charge >= 0.3 is 0 Å². The van der Waals surface area contributed by atoms with Crippen LogP contribution in [0.2, 0.25) is 0 Å². The maximum atomic E-state index is 14.7. The van der Waals surface area contributed by atoms with Crippen LogP contribution in [0.1, 0.15) is 109 Å². The normalized spacial score (nSPS) is 24.2. The molecule has 0 saturated heterocycles. The van der Waals surface area contributed by atoms with Crippen LogP contribution in [-0.4, -0.2) is 19.3 Å². The van der Waals surface area contributed by atoms with Gasteiger partial charge in [0.05, 0.1) is 12.7 Å². The van der Waals surface area contributed by atoms with E-state index in [9.17, 15) is 8.78 Å². The van der Waals surface area contributed by atoms with E-state index in [2.05, 4.69) is 19.1 Å². The Morgan fingerprint density at radius 2 is 1.43 bits per heavy atom. The van der Waals surface area contributed by atoms with Crippen LogP contribution in [0.5, 0.6) is 5.75 Å². The lowest BCUT2D eigenvalue weighted by atomic mass is 9.78. The van der Waals surface area contributed by atoms with Crippen LogP contribution in [0.3, 0.4) is 0 Å². The molecule has 0 atom stereocenters. The Balaban J connectivity index is 1.21. The second-order valence-electron chi connectivity index (χ2n) is 11.4. The highest BCUT2D eigenvalue weighted by Crippen LogP contribution is 2.38. The molecular formula is C33H46F2O2. The topological polar surface area (TPSA) is 18.5 Å². The van der Waals surface area contributed by atoms with Gasteiger partial charge in [0.25, 0.3) is 0 Å². The Hall–Kier alpha value is -1.94. The van der Waals surface area contributed by atoms with Gasteiger partial charge in [0.1, 0.15) is 0 Å². The zero-order chi connectivity index (χ0) is 26.0. The fourth-order valence-electron chi connectivity index (χ4n) is 6.22.